The van der Waals surface area contributed by atoms with Crippen LogP contribution in [-0.4, -0.2) is 12.6 Å². The van der Waals surface area contributed by atoms with Gasteiger partial charge in [0.25, 0.3) is 0 Å². The second-order valence-corrected chi connectivity index (χ2v) is 3.34. The van der Waals surface area contributed by atoms with Gasteiger partial charge in [-0.3, -0.25) is 4.79 Å². The summed E-state index contributed by atoms with van der Waals surface area (Å²) in [6.07, 6.45) is 3.12. The van der Waals surface area contributed by atoms with Gasteiger partial charge in [-0.2, -0.15) is 0 Å². The summed E-state index contributed by atoms with van der Waals surface area (Å²) in [6.45, 7) is 4.79. The summed E-state index contributed by atoms with van der Waals surface area (Å²) in [5, 5.41) is 0. The fourth-order valence-corrected chi connectivity index (χ4v) is 1.07. The van der Waals surface area contributed by atoms with Gasteiger partial charge in [0.1, 0.15) is 0 Å². The van der Waals surface area contributed by atoms with Crippen molar-refractivity contribution in [1.82, 2.24) is 0 Å². The molecule has 1 fully saturated rings. The Bertz CT molecular complexity index is 142. The molecule has 0 aromatic rings. The third kappa shape index (κ3) is 2.52. The topological polar surface area (TPSA) is 26.3 Å². The largest absolute Gasteiger partial charge is 0.465 e. The maximum absolute atomic E-state index is 11.1. The Hall–Kier alpha value is -0.530. The number of carbonyl (C=O) groups excluding carboxylic acids is 1. The van der Waals surface area contributed by atoms with Crippen molar-refractivity contribution in [3.05, 3.63) is 0 Å². The molecule has 2 nitrogen and oxygen atoms in total. The number of unbranched alkanes of at least 4 members (excludes halogenated alkanes) is 1. The highest BCUT2D eigenvalue weighted by Gasteiger charge is 2.40. The second-order valence-electron chi connectivity index (χ2n) is 3.34. The lowest BCUT2D eigenvalue weighted by Gasteiger charge is -2.01. The lowest BCUT2D eigenvalue weighted by Crippen LogP contribution is -2.08. The van der Waals surface area contributed by atoms with Gasteiger partial charge in [-0.15, -0.1) is 0 Å². The summed E-state index contributed by atoms with van der Waals surface area (Å²) in [6, 6.07) is 0. The first kappa shape index (κ1) is 8.57. The van der Waals surface area contributed by atoms with Crippen molar-refractivity contribution in [1.29, 1.82) is 0 Å². The van der Waals surface area contributed by atoms with Crippen LogP contribution in [0.25, 0.3) is 0 Å². The van der Waals surface area contributed by atoms with Crippen LogP contribution in [-0.2, 0) is 9.53 Å². The van der Waals surface area contributed by atoms with Gasteiger partial charge in [0, 0.05) is 0 Å². The predicted octanol–water partition coefficient (Wildman–Crippen LogP) is 1.99. The van der Waals surface area contributed by atoms with Gasteiger partial charge in [0.15, 0.2) is 0 Å². The lowest BCUT2D eigenvalue weighted by molar-refractivity contribution is -0.145. The number of hydrogen-bond acceptors (Lipinski definition) is 2. The molecule has 1 aliphatic carbocycles. The maximum atomic E-state index is 11.1. The van der Waals surface area contributed by atoms with Crippen molar-refractivity contribution < 1.29 is 9.53 Å². The number of rotatable bonds is 4. The molecule has 1 aliphatic rings. The lowest BCUT2D eigenvalue weighted by atomic mass is 10.3. The average Bonchev–Trinajstić information content (AvgIpc) is 2.67. The zero-order valence-corrected chi connectivity index (χ0v) is 7.30. The Morgan fingerprint density at radius 2 is 2.27 bits per heavy atom. The average molecular weight is 156 g/mol. The molecule has 0 aromatic carbocycles. The van der Waals surface area contributed by atoms with Gasteiger partial charge in [-0.1, -0.05) is 20.3 Å². The summed E-state index contributed by atoms with van der Waals surface area (Å²) in [7, 11) is 0. The molecule has 0 spiro atoms. The highest BCUT2D eigenvalue weighted by atomic mass is 16.5. The van der Waals surface area contributed by atoms with Gasteiger partial charge in [-0.05, 0) is 18.8 Å². The van der Waals surface area contributed by atoms with Gasteiger partial charge >= 0.3 is 5.97 Å². The summed E-state index contributed by atoms with van der Waals surface area (Å²) in [4.78, 5) is 11.1. The molecular formula is C9H16O2. The fourth-order valence-electron chi connectivity index (χ4n) is 1.07. The minimum absolute atomic E-state index is 0.0194. The molecular weight excluding hydrogens is 140 g/mol. The van der Waals surface area contributed by atoms with Crippen LogP contribution in [0.5, 0.6) is 0 Å². The number of hydrogen-bond donors (Lipinski definition) is 0. The third-order valence-corrected chi connectivity index (χ3v) is 2.15. The summed E-state index contributed by atoms with van der Waals surface area (Å²) < 4.78 is 5.04. The molecule has 0 N–H and O–H groups in total. The molecule has 0 aliphatic heterocycles. The SMILES string of the molecule is CCCCOC(=O)C1C[C@@H]1C. The molecule has 0 amide bonds. The second kappa shape index (κ2) is 3.74. The van der Waals surface area contributed by atoms with Crippen LogP contribution in [0.3, 0.4) is 0 Å². The van der Waals surface area contributed by atoms with E-state index in [0.717, 1.165) is 19.3 Å². The van der Waals surface area contributed by atoms with Crippen LogP contribution in [0, 0.1) is 11.8 Å². The number of ether oxygens (including phenoxy) is 1. The molecule has 1 rings (SSSR count). The first-order valence-electron chi connectivity index (χ1n) is 4.42. The standard InChI is InChI=1S/C9H16O2/c1-3-4-5-11-9(10)8-6-7(8)2/h7-8H,3-6H2,1-2H3/t7-,8?/m0/s1. The highest BCUT2D eigenvalue weighted by Crippen LogP contribution is 2.38. The minimum atomic E-state index is 0.0194. The van der Waals surface area contributed by atoms with E-state index in [1.54, 1.807) is 0 Å². The molecule has 64 valence electrons. The van der Waals surface area contributed by atoms with E-state index in [9.17, 15) is 4.79 Å². The van der Waals surface area contributed by atoms with Crippen molar-refractivity contribution in [2.75, 3.05) is 6.61 Å². The fraction of sp³-hybridized carbons (Fsp3) is 0.889. The molecule has 2 atom stereocenters. The number of carbonyl (C=O) groups is 1. The Kier molecular flexibility index (Phi) is 2.92. The molecule has 1 saturated carbocycles. The summed E-state index contributed by atoms with van der Waals surface area (Å²) in [5.74, 6) is 0.821. The molecule has 0 heterocycles. The van der Waals surface area contributed by atoms with Gasteiger partial charge in [-0.25, -0.2) is 0 Å². The van der Waals surface area contributed by atoms with E-state index in [1.165, 1.54) is 0 Å². The smallest absolute Gasteiger partial charge is 0.309 e. The first-order valence-corrected chi connectivity index (χ1v) is 4.42. The zero-order valence-electron chi connectivity index (χ0n) is 7.30. The minimum Gasteiger partial charge on any atom is -0.465 e. The molecule has 11 heavy (non-hydrogen) atoms. The van der Waals surface area contributed by atoms with E-state index >= 15 is 0 Å². The van der Waals surface area contributed by atoms with Crippen LogP contribution in [0.4, 0.5) is 0 Å². The van der Waals surface area contributed by atoms with E-state index < -0.39 is 0 Å². The van der Waals surface area contributed by atoms with Crippen LogP contribution in [0.1, 0.15) is 33.1 Å². The first-order chi connectivity index (χ1) is 5.25. The van der Waals surface area contributed by atoms with Crippen molar-refractivity contribution >= 4 is 5.97 Å². The van der Waals surface area contributed by atoms with Crippen molar-refractivity contribution in [2.45, 2.75) is 33.1 Å². The van der Waals surface area contributed by atoms with Crippen LogP contribution in [0.2, 0.25) is 0 Å². The van der Waals surface area contributed by atoms with E-state index in [0.29, 0.717) is 12.5 Å². The van der Waals surface area contributed by atoms with Crippen LogP contribution < -0.4 is 0 Å². The molecule has 1 unspecified atom stereocenters. The number of esters is 1. The molecule has 0 radical (unpaired) electrons. The maximum Gasteiger partial charge on any atom is 0.309 e. The molecule has 0 aromatic heterocycles. The van der Waals surface area contributed by atoms with E-state index in [2.05, 4.69) is 13.8 Å². The molecule has 2 heteroatoms. The Morgan fingerprint density at radius 3 is 2.73 bits per heavy atom. The summed E-state index contributed by atoms with van der Waals surface area (Å²) >= 11 is 0. The van der Waals surface area contributed by atoms with Crippen molar-refractivity contribution in [3.63, 3.8) is 0 Å². The third-order valence-electron chi connectivity index (χ3n) is 2.15. The van der Waals surface area contributed by atoms with Crippen molar-refractivity contribution in [3.8, 4) is 0 Å². The van der Waals surface area contributed by atoms with Crippen LogP contribution >= 0.6 is 0 Å². The van der Waals surface area contributed by atoms with Gasteiger partial charge in [0.05, 0.1) is 12.5 Å². The predicted molar refractivity (Wildman–Crippen MR) is 43.1 cm³/mol. The zero-order chi connectivity index (χ0) is 8.27. The van der Waals surface area contributed by atoms with E-state index in [1.807, 2.05) is 0 Å². The Balaban J connectivity index is 2.03. The van der Waals surface area contributed by atoms with Gasteiger partial charge in [0.2, 0.25) is 0 Å². The highest BCUT2D eigenvalue weighted by molar-refractivity contribution is 5.75. The molecule has 0 saturated heterocycles. The monoisotopic (exact) mass is 156 g/mol. The van der Waals surface area contributed by atoms with E-state index in [4.69, 9.17) is 4.74 Å². The quantitative estimate of drug-likeness (QED) is 0.459. The molecule has 0 bridgehead atoms. The Morgan fingerprint density at radius 1 is 1.64 bits per heavy atom. The normalized spacial score (nSPS) is 28.2. The Labute approximate surface area is 67.9 Å². The van der Waals surface area contributed by atoms with E-state index in [-0.39, 0.29) is 11.9 Å². The van der Waals surface area contributed by atoms with Crippen molar-refractivity contribution in [2.24, 2.45) is 11.8 Å². The summed E-state index contributed by atoms with van der Waals surface area (Å²) in [5.41, 5.74) is 0. The van der Waals surface area contributed by atoms with Crippen LogP contribution in [0.15, 0.2) is 0 Å². The van der Waals surface area contributed by atoms with Gasteiger partial charge < -0.3 is 4.74 Å².